The van der Waals surface area contributed by atoms with E-state index in [1.807, 2.05) is 16.7 Å². The lowest BCUT2D eigenvalue weighted by molar-refractivity contribution is 0.355. The van der Waals surface area contributed by atoms with E-state index in [1.54, 1.807) is 20.5 Å². The summed E-state index contributed by atoms with van der Waals surface area (Å²) in [7, 11) is 2.31. The topological polar surface area (TPSA) is 53.4 Å². The average molecular weight is 317 g/mol. The van der Waals surface area contributed by atoms with E-state index in [0.717, 1.165) is 16.9 Å². The third-order valence-electron chi connectivity index (χ3n) is 3.05. The van der Waals surface area contributed by atoms with Crippen molar-refractivity contribution in [2.75, 3.05) is 26.2 Å². The predicted molar refractivity (Wildman–Crippen MR) is 81.3 cm³/mol. The van der Waals surface area contributed by atoms with Crippen LogP contribution >= 0.6 is 11.6 Å². The first-order chi connectivity index (χ1) is 9.60. The van der Waals surface area contributed by atoms with Gasteiger partial charge in [-0.1, -0.05) is 0 Å². The molecule has 7 heteroatoms. The summed E-state index contributed by atoms with van der Waals surface area (Å²) in [4.78, 5) is 4.49. The average Bonchev–Trinajstić information content (AvgIpc) is 2.79. The third-order valence-corrected chi connectivity index (χ3v) is 4.05. The maximum atomic E-state index is 11.3. The molecule has 20 heavy (non-hydrogen) atoms. The molecule has 0 spiro atoms. The molecule has 1 unspecified atom stereocenters. The molecule has 0 aliphatic carbocycles. The molecular formula is C13H17ClN2O3S. The Bertz CT molecular complexity index is 642. The monoisotopic (exact) mass is 316 g/mol. The third kappa shape index (κ3) is 2.91. The van der Waals surface area contributed by atoms with Crippen LogP contribution in [-0.4, -0.2) is 40.0 Å². The molecule has 1 aromatic heterocycles. The van der Waals surface area contributed by atoms with Gasteiger partial charge >= 0.3 is 0 Å². The van der Waals surface area contributed by atoms with Crippen molar-refractivity contribution in [1.82, 2.24) is 9.55 Å². The highest BCUT2D eigenvalue weighted by atomic mass is 35.5. The Hall–Kier alpha value is -1.27. The number of rotatable bonds is 6. The van der Waals surface area contributed by atoms with Crippen LogP contribution in [0.2, 0.25) is 0 Å². The maximum absolute atomic E-state index is 11.3. The zero-order valence-electron chi connectivity index (χ0n) is 11.7. The number of nitrogens with zero attached hydrogens (tertiary/aromatic N) is 2. The molecular weight excluding hydrogens is 300 g/mol. The molecule has 0 N–H and O–H groups in total. The normalized spacial score (nSPS) is 12.6. The fourth-order valence-electron chi connectivity index (χ4n) is 2.07. The van der Waals surface area contributed by atoms with Crippen molar-refractivity contribution in [1.29, 1.82) is 0 Å². The molecule has 0 bridgehead atoms. The number of benzene rings is 1. The number of ether oxygens (including phenoxy) is 2. The van der Waals surface area contributed by atoms with Gasteiger partial charge in [0.05, 0.1) is 31.1 Å². The van der Waals surface area contributed by atoms with Crippen LogP contribution in [0.3, 0.4) is 0 Å². The molecule has 2 rings (SSSR count). The molecule has 0 aliphatic rings. The van der Waals surface area contributed by atoms with Crippen LogP contribution in [0.15, 0.2) is 12.1 Å². The Morgan fingerprint density at radius 1 is 1.30 bits per heavy atom. The van der Waals surface area contributed by atoms with E-state index in [4.69, 9.17) is 21.1 Å². The minimum Gasteiger partial charge on any atom is -0.493 e. The van der Waals surface area contributed by atoms with Crippen LogP contribution in [-0.2, 0) is 23.2 Å². The van der Waals surface area contributed by atoms with Crippen LogP contribution in [0, 0.1) is 0 Å². The Labute approximate surface area is 125 Å². The second kappa shape index (κ2) is 6.45. The molecule has 1 atom stereocenters. The lowest BCUT2D eigenvalue weighted by Crippen LogP contribution is -2.09. The van der Waals surface area contributed by atoms with E-state index in [9.17, 15) is 4.21 Å². The second-order valence-corrected chi connectivity index (χ2v) is 6.11. The first-order valence-electron chi connectivity index (χ1n) is 6.07. The molecule has 0 radical (unpaired) electrons. The van der Waals surface area contributed by atoms with Crippen molar-refractivity contribution in [3.63, 3.8) is 0 Å². The molecule has 0 amide bonds. The summed E-state index contributed by atoms with van der Waals surface area (Å²) in [5, 5.41) is 0. The summed E-state index contributed by atoms with van der Waals surface area (Å²) in [6.07, 6.45) is 1.68. The number of hydrogen-bond acceptors (Lipinski definition) is 4. The van der Waals surface area contributed by atoms with Crippen LogP contribution in [0.1, 0.15) is 5.82 Å². The summed E-state index contributed by atoms with van der Waals surface area (Å²) < 4.78 is 23.9. The Morgan fingerprint density at radius 3 is 2.50 bits per heavy atom. The number of methoxy groups -OCH3 is 2. The molecule has 5 nitrogen and oxygen atoms in total. The molecule has 0 saturated carbocycles. The lowest BCUT2D eigenvalue weighted by Gasteiger charge is -2.09. The zero-order chi connectivity index (χ0) is 14.7. The van der Waals surface area contributed by atoms with Gasteiger partial charge in [-0.3, -0.25) is 4.21 Å². The highest BCUT2D eigenvalue weighted by Crippen LogP contribution is 2.32. The van der Waals surface area contributed by atoms with Crippen molar-refractivity contribution < 1.29 is 13.7 Å². The molecule has 1 aromatic carbocycles. The van der Waals surface area contributed by atoms with Gasteiger partial charge in [0.25, 0.3) is 0 Å². The van der Waals surface area contributed by atoms with Crippen molar-refractivity contribution >= 4 is 33.4 Å². The number of aromatic nitrogens is 2. The predicted octanol–water partition coefficient (Wildman–Crippen LogP) is 2.17. The number of hydrogen-bond donors (Lipinski definition) is 0. The van der Waals surface area contributed by atoms with E-state index >= 15 is 0 Å². The number of alkyl halides is 1. The largest absolute Gasteiger partial charge is 0.493 e. The van der Waals surface area contributed by atoms with E-state index < -0.39 is 10.8 Å². The van der Waals surface area contributed by atoms with E-state index in [0.29, 0.717) is 29.7 Å². The number of fused-ring (bicyclic) bond motifs is 1. The van der Waals surface area contributed by atoms with E-state index in [-0.39, 0.29) is 0 Å². The maximum Gasteiger partial charge on any atom is 0.163 e. The number of imidazole rings is 1. The van der Waals surface area contributed by atoms with Crippen LogP contribution in [0.25, 0.3) is 11.0 Å². The van der Waals surface area contributed by atoms with Gasteiger partial charge in [-0.05, 0) is 0 Å². The summed E-state index contributed by atoms with van der Waals surface area (Å²) in [5.41, 5.74) is 1.70. The SMILES string of the molecule is COc1cc2nc(CCl)n(CCS(C)=O)c2cc1OC. The first kappa shape index (κ1) is 15.1. The van der Waals surface area contributed by atoms with Gasteiger partial charge in [-0.15, -0.1) is 11.6 Å². The summed E-state index contributed by atoms with van der Waals surface area (Å²) in [6.45, 7) is 0.608. The fraction of sp³-hybridized carbons (Fsp3) is 0.462. The van der Waals surface area contributed by atoms with Gasteiger partial charge in [0, 0.05) is 41.5 Å². The molecule has 110 valence electrons. The zero-order valence-corrected chi connectivity index (χ0v) is 13.3. The summed E-state index contributed by atoms with van der Waals surface area (Å²) in [5.74, 6) is 2.88. The van der Waals surface area contributed by atoms with Gasteiger partial charge in [-0.2, -0.15) is 0 Å². The van der Waals surface area contributed by atoms with Gasteiger partial charge in [0.15, 0.2) is 11.5 Å². The van der Waals surface area contributed by atoms with Crippen LogP contribution < -0.4 is 9.47 Å². The van der Waals surface area contributed by atoms with Gasteiger partial charge in [-0.25, -0.2) is 4.98 Å². The quantitative estimate of drug-likeness (QED) is 0.766. The second-order valence-electron chi connectivity index (χ2n) is 4.29. The number of aryl methyl sites for hydroxylation is 1. The van der Waals surface area contributed by atoms with Crippen LogP contribution in [0.5, 0.6) is 11.5 Å². The van der Waals surface area contributed by atoms with Crippen molar-refractivity contribution in [2.24, 2.45) is 0 Å². The highest BCUT2D eigenvalue weighted by molar-refractivity contribution is 7.84. The van der Waals surface area contributed by atoms with E-state index in [2.05, 4.69) is 4.98 Å². The summed E-state index contributed by atoms with van der Waals surface area (Å²) in [6, 6.07) is 3.69. The minimum absolute atomic E-state index is 0.301. The van der Waals surface area contributed by atoms with Crippen molar-refractivity contribution in [3.8, 4) is 11.5 Å². The Balaban J connectivity index is 2.55. The molecule has 0 aliphatic heterocycles. The molecule has 2 aromatic rings. The molecule has 1 heterocycles. The molecule has 0 saturated heterocycles. The van der Waals surface area contributed by atoms with Gasteiger partial charge < -0.3 is 14.0 Å². The molecule has 0 fully saturated rings. The minimum atomic E-state index is -0.864. The van der Waals surface area contributed by atoms with E-state index in [1.165, 1.54) is 0 Å². The van der Waals surface area contributed by atoms with Crippen molar-refractivity contribution in [3.05, 3.63) is 18.0 Å². The Kier molecular flexibility index (Phi) is 4.88. The number of halogens is 1. The summed E-state index contributed by atoms with van der Waals surface area (Å²) >= 11 is 5.94. The van der Waals surface area contributed by atoms with Gasteiger partial charge in [0.1, 0.15) is 5.82 Å². The standard InChI is InChI=1S/C13H17ClN2O3S/c1-18-11-6-9-10(7-12(11)19-2)16(4-5-20(3)17)13(8-14)15-9/h6-7H,4-5,8H2,1-3H3. The highest BCUT2D eigenvalue weighted by Gasteiger charge is 2.14. The van der Waals surface area contributed by atoms with Gasteiger partial charge in [0.2, 0.25) is 0 Å². The van der Waals surface area contributed by atoms with Crippen LogP contribution in [0.4, 0.5) is 0 Å². The smallest absolute Gasteiger partial charge is 0.163 e. The first-order valence-corrected chi connectivity index (χ1v) is 8.34. The van der Waals surface area contributed by atoms with Crippen molar-refractivity contribution in [2.45, 2.75) is 12.4 Å². The fourth-order valence-corrected chi connectivity index (χ4v) is 2.72. The Morgan fingerprint density at radius 2 is 1.95 bits per heavy atom. The lowest BCUT2D eigenvalue weighted by atomic mass is 10.2.